The summed E-state index contributed by atoms with van der Waals surface area (Å²) < 4.78 is 27.3. The van der Waals surface area contributed by atoms with Crippen LogP contribution in [0.25, 0.3) is 6.08 Å². The van der Waals surface area contributed by atoms with E-state index in [1.165, 1.54) is 54.6 Å². The lowest BCUT2D eigenvalue weighted by atomic mass is 10.1. The van der Waals surface area contributed by atoms with E-state index >= 15 is 0 Å². The molecule has 0 saturated carbocycles. The van der Waals surface area contributed by atoms with Crippen LogP contribution < -0.4 is 4.72 Å². The van der Waals surface area contributed by atoms with Crippen molar-refractivity contribution in [2.24, 2.45) is 0 Å². The van der Waals surface area contributed by atoms with E-state index in [1.54, 1.807) is 24.3 Å². The molecule has 0 aliphatic heterocycles. The van der Waals surface area contributed by atoms with Crippen LogP contribution in [0.15, 0.2) is 77.7 Å². The zero-order valence-electron chi connectivity index (χ0n) is 15.5. The summed E-state index contributed by atoms with van der Waals surface area (Å²) in [7, 11) is -3.71. The fourth-order valence-electron chi connectivity index (χ4n) is 2.55. The Bertz CT molecular complexity index is 1170. The van der Waals surface area contributed by atoms with Gasteiger partial charge in [0.05, 0.1) is 4.90 Å². The number of anilines is 1. The third kappa shape index (κ3) is 5.25. The number of carbonyl (C=O) groups is 1. The molecule has 7 heteroatoms. The van der Waals surface area contributed by atoms with E-state index in [-0.39, 0.29) is 16.4 Å². The van der Waals surface area contributed by atoms with Gasteiger partial charge in [0.15, 0.2) is 5.78 Å². The Kier molecular flexibility index (Phi) is 6.06. The fraction of sp³-hybridized carbons (Fsp3) is 0.0455. The van der Waals surface area contributed by atoms with Crippen molar-refractivity contribution < 1.29 is 18.3 Å². The molecular formula is C22H18ClNO4S. The van der Waals surface area contributed by atoms with Crippen molar-refractivity contribution in [3.05, 3.63) is 94.5 Å². The number of hydrogen-bond acceptors (Lipinski definition) is 4. The average molecular weight is 428 g/mol. The van der Waals surface area contributed by atoms with Crippen molar-refractivity contribution in [3.8, 4) is 5.75 Å². The molecule has 0 saturated heterocycles. The molecule has 5 nitrogen and oxygen atoms in total. The van der Waals surface area contributed by atoms with Gasteiger partial charge in [0.25, 0.3) is 10.0 Å². The smallest absolute Gasteiger partial charge is 0.261 e. The highest BCUT2D eigenvalue weighted by molar-refractivity contribution is 7.92. The van der Waals surface area contributed by atoms with E-state index in [2.05, 4.69) is 4.72 Å². The summed E-state index contributed by atoms with van der Waals surface area (Å²) in [4.78, 5) is 12.5. The van der Waals surface area contributed by atoms with Crippen LogP contribution in [0, 0.1) is 6.92 Å². The van der Waals surface area contributed by atoms with Crippen molar-refractivity contribution in [1.82, 2.24) is 0 Å². The van der Waals surface area contributed by atoms with Gasteiger partial charge in [-0.3, -0.25) is 9.52 Å². The molecule has 29 heavy (non-hydrogen) atoms. The highest BCUT2D eigenvalue weighted by atomic mass is 35.5. The number of nitrogens with one attached hydrogen (secondary N) is 1. The normalized spacial score (nSPS) is 11.5. The first-order valence-electron chi connectivity index (χ1n) is 8.65. The zero-order valence-corrected chi connectivity index (χ0v) is 17.0. The van der Waals surface area contributed by atoms with Crippen molar-refractivity contribution in [2.45, 2.75) is 11.8 Å². The topological polar surface area (TPSA) is 83.5 Å². The molecule has 0 aliphatic carbocycles. The van der Waals surface area contributed by atoms with Crippen molar-refractivity contribution in [2.75, 3.05) is 4.72 Å². The lowest BCUT2D eigenvalue weighted by molar-refractivity contribution is 0.104. The molecule has 0 aliphatic rings. The fourth-order valence-corrected chi connectivity index (χ4v) is 3.79. The highest BCUT2D eigenvalue weighted by Gasteiger charge is 2.14. The standard InChI is InChI=1S/C22H18ClNO4S/c1-15-2-10-20(11-3-15)29(27,28)24-19-8-4-16(5-9-19)21(25)12-6-17-14-18(23)7-13-22(17)26/h2-14,24,26H,1H3/b12-6+. The number of benzene rings is 3. The molecule has 0 bridgehead atoms. The monoisotopic (exact) mass is 427 g/mol. The summed E-state index contributed by atoms with van der Waals surface area (Å²) in [5.41, 5.74) is 2.11. The van der Waals surface area contributed by atoms with Crippen LogP contribution in [0.5, 0.6) is 5.75 Å². The first kappa shape index (κ1) is 20.6. The molecule has 0 heterocycles. The maximum atomic E-state index is 12.4. The first-order chi connectivity index (χ1) is 13.7. The number of aryl methyl sites for hydroxylation is 1. The summed E-state index contributed by atoms with van der Waals surface area (Å²) in [6, 6.07) is 17.1. The lowest BCUT2D eigenvalue weighted by Gasteiger charge is -2.08. The number of carbonyl (C=O) groups excluding carboxylic acids is 1. The lowest BCUT2D eigenvalue weighted by Crippen LogP contribution is -2.13. The van der Waals surface area contributed by atoms with E-state index in [1.807, 2.05) is 6.92 Å². The third-order valence-electron chi connectivity index (χ3n) is 4.16. The second-order valence-electron chi connectivity index (χ2n) is 6.40. The zero-order chi connectivity index (χ0) is 21.0. The molecule has 0 radical (unpaired) electrons. The van der Waals surface area contributed by atoms with Crippen LogP contribution in [-0.2, 0) is 10.0 Å². The maximum Gasteiger partial charge on any atom is 0.261 e. The van der Waals surface area contributed by atoms with E-state index in [9.17, 15) is 18.3 Å². The van der Waals surface area contributed by atoms with Crippen molar-refractivity contribution >= 4 is 39.2 Å². The number of phenolic OH excluding ortho intramolecular Hbond substituents is 1. The Morgan fingerprint density at radius 2 is 1.66 bits per heavy atom. The minimum absolute atomic E-state index is 0.0133. The van der Waals surface area contributed by atoms with Gasteiger partial charge in [-0.1, -0.05) is 29.3 Å². The molecule has 0 atom stereocenters. The number of sulfonamides is 1. The molecule has 2 N–H and O–H groups in total. The summed E-state index contributed by atoms with van der Waals surface area (Å²) in [5.74, 6) is -0.281. The van der Waals surface area contributed by atoms with Gasteiger partial charge in [0.1, 0.15) is 5.75 Å². The molecule has 148 valence electrons. The number of phenols is 1. The van der Waals surface area contributed by atoms with Gasteiger partial charge in [-0.05, 0) is 73.7 Å². The Morgan fingerprint density at radius 1 is 1.00 bits per heavy atom. The number of rotatable bonds is 6. The Hall–Kier alpha value is -3.09. The predicted molar refractivity (Wildman–Crippen MR) is 115 cm³/mol. The van der Waals surface area contributed by atoms with Crippen LogP contribution in [0.2, 0.25) is 5.02 Å². The average Bonchev–Trinajstić information content (AvgIpc) is 2.69. The third-order valence-corrected chi connectivity index (χ3v) is 5.79. The van der Waals surface area contributed by atoms with Gasteiger partial charge in [0.2, 0.25) is 0 Å². The number of ketones is 1. The highest BCUT2D eigenvalue weighted by Crippen LogP contribution is 2.23. The molecule has 3 rings (SSSR count). The predicted octanol–water partition coefficient (Wildman–Crippen LogP) is 5.05. The van der Waals surface area contributed by atoms with Gasteiger partial charge < -0.3 is 5.11 Å². The summed E-state index contributed by atoms with van der Waals surface area (Å²) in [6.07, 6.45) is 2.79. The number of allylic oxidation sites excluding steroid dienone is 1. The van der Waals surface area contributed by atoms with Gasteiger partial charge in [-0.25, -0.2) is 8.42 Å². The van der Waals surface area contributed by atoms with Gasteiger partial charge in [0, 0.05) is 21.8 Å². The Balaban J connectivity index is 1.72. The van der Waals surface area contributed by atoms with Crippen LogP contribution in [0.1, 0.15) is 21.5 Å². The first-order valence-corrected chi connectivity index (χ1v) is 10.5. The molecule has 0 amide bonds. The summed E-state index contributed by atoms with van der Waals surface area (Å²) >= 11 is 5.89. The van der Waals surface area contributed by atoms with Crippen molar-refractivity contribution in [1.29, 1.82) is 0 Å². The molecule has 0 aromatic heterocycles. The molecule has 3 aromatic carbocycles. The molecular weight excluding hydrogens is 410 g/mol. The minimum Gasteiger partial charge on any atom is -0.507 e. The van der Waals surface area contributed by atoms with E-state index < -0.39 is 10.0 Å². The molecule has 0 fully saturated rings. The number of halogens is 1. The van der Waals surface area contributed by atoms with Gasteiger partial charge >= 0.3 is 0 Å². The van der Waals surface area contributed by atoms with Crippen LogP contribution >= 0.6 is 11.6 Å². The molecule has 0 unspecified atom stereocenters. The van der Waals surface area contributed by atoms with Gasteiger partial charge in [-0.2, -0.15) is 0 Å². The van der Waals surface area contributed by atoms with E-state index in [0.29, 0.717) is 21.8 Å². The number of aromatic hydroxyl groups is 1. The van der Waals surface area contributed by atoms with Gasteiger partial charge in [-0.15, -0.1) is 0 Å². The minimum atomic E-state index is -3.71. The number of hydrogen-bond donors (Lipinski definition) is 2. The quantitative estimate of drug-likeness (QED) is 0.426. The second-order valence-corrected chi connectivity index (χ2v) is 8.52. The van der Waals surface area contributed by atoms with E-state index in [4.69, 9.17) is 11.6 Å². The van der Waals surface area contributed by atoms with Crippen molar-refractivity contribution in [3.63, 3.8) is 0 Å². The largest absolute Gasteiger partial charge is 0.507 e. The molecule has 3 aromatic rings. The Morgan fingerprint density at radius 3 is 2.31 bits per heavy atom. The second kappa shape index (κ2) is 8.51. The van der Waals surface area contributed by atoms with Crippen LogP contribution in [-0.4, -0.2) is 19.3 Å². The molecule has 0 spiro atoms. The maximum absolute atomic E-state index is 12.4. The van der Waals surface area contributed by atoms with E-state index in [0.717, 1.165) is 5.56 Å². The van der Waals surface area contributed by atoms with Crippen LogP contribution in [0.3, 0.4) is 0 Å². The van der Waals surface area contributed by atoms with Crippen LogP contribution in [0.4, 0.5) is 5.69 Å². The Labute approximate surface area is 174 Å². The summed E-state index contributed by atoms with van der Waals surface area (Å²) in [6.45, 7) is 1.88. The SMILES string of the molecule is Cc1ccc(S(=O)(=O)Nc2ccc(C(=O)/C=C/c3cc(Cl)ccc3O)cc2)cc1. The summed E-state index contributed by atoms with van der Waals surface area (Å²) in [5, 5.41) is 10.2.